The Hall–Kier alpha value is -0.300. The van der Waals surface area contributed by atoms with Crippen LogP contribution < -0.4 is 5.32 Å². The summed E-state index contributed by atoms with van der Waals surface area (Å²) in [6.45, 7) is 7.14. The summed E-state index contributed by atoms with van der Waals surface area (Å²) in [5, 5.41) is 3.51. The van der Waals surface area contributed by atoms with Crippen molar-refractivity contribution in [2.24, 2.45) is 17.8 Å². The van der Waals surface area contributed by atoms with Gasteiger partial charge in [-0.2, -0.15) is 0 Å². The average molecular weight is 165 g/mol. The maximum atomic E-state index is 3.51. The quantitative estimate of drug-likeness (QED) is 0.587. The number of hydrogen-bond donors (Lipinski definition) is 1. The minimum absolute atomic E-state index is 0.762. The van der Waals surface area contributed by atoms with E-state index in [0.717, 1.165) is 17.8 Å². The molecule has 1 heteroatoms. The third kappa shape index (κ3) is 1.31. The molecule has 1 heterocycles. The molecule has 2 atom stereocenters. The van der Waals surface area contributed by atoms with Crippen molar-refractivity contribution in [2.45, 2.75) is 26.7 Å². The molecule has 1 saturated heterocycles. The lowest BCUT2D eigenvalue weighted by Crippen LogP contribution is -2.21. The van der Waals surface area contributed by atoms with Crippen LogP contribution in [0.4, 0.5) is 0 Å². The lowest BCUT2D eigenvalue weighted by molar-refractivity contribution is 0.394. The topological polar surface area (TPSA) is 12.0 Å². The monoisotopic (exact) mass is 165 g/mol. The highest BCUT2D eigenvalue weighted by Crippen LogP contribution is 2.36. The van der Waals surface area contributed by atoms with Crippen LogP contribution >= 0.6 is 0 Å². The smallest absolute Gasteiger partial charge is 0.00202 e. The van der Waals surface area contributed by atoms with Crippen molar-refractivity contribution in [3.63, 3.8) is 0 Å². The zero-order valence-corrected chi connectivity index (χ0v) is 8.14. The molecule has 1 fully saturated rings. The Bertz CT molecular complexity index is 193. The van der Waals surface area contributed by atoms with Gasteiger partial charge in [0.05, 0.1) is 0 Å². The highest BCUT2D eigenvalue weighted by Gasteiger charge is 2.32. The first-order valence-corrected chi connectivity index (χ1v) is 5.19. The molecule has 0 spiro atoms. The zero-order chi connectivity index (χ0) is 8.55. The van der Waals surface area contributed by atoms with Gasteiger partial charge in [0.25, 0.3) is 0 Å². The largest absolute Gasteiger partial charge is 0.316 e. The summed E-state index contributed by atoms with van der Waals surface area (Å²) in [6, 6.07) is 0. The summed E-state index contributed by atoms with van der Waals surface area (Å²) in [5.41, 5.74) is 1.72. The maximum Gasteiger partial charge on any atom is 0.00202 e. The van der Waals surface area contributed by atoms with Crippen molar-refractivity contribution in [3.05, 3.63) is 11.6 Å². The molecule has 0 aromatic carbocycles. The fourth-order valence-corrected chi connectivity index (χ4v) is 2.71. The summed E-state index contributed by atoms with van der Waals surface area (Å²) in [5.74, 6) is 2.59. The normalized spacial score (nSPS) is 35.1. The van der Waals surface area contributed by atoms with Crippen LogP contribution in [-0.2, 0) is 0 Å². The van der Waals surface area contributed by atoms with Gasteiger partial charge in [-0.3, -0.25) is 0 Å². The molecular formula is C11H19N. The Morgan fingerprint density at radius 1 is 1.42 bits per heavy atom. The van der Waals surface area contributed by atoms with Crippen molar-refractivity contribution < 1.29 is 0 Å². The lowest BCUT2D eigenvalue weighted by Gasteiger charge is -2.28. The van der Waals surface area contributed by atoms with Crippen molar-refractivity contribution in [3.8, 4) is 0 Å². The van der Waals surface area contributed by atoms with Crippen LogP contribution in [0.5, 0.6) is 0 Å². The van der Waals surface area contributed by atoms with E-state index in [1.165, 1.54) is 25.9 Å². The van der Waals surface area contributed by atoms with Crippen LogP contribution in [0.1, 0.15) is 26.7 Å². The van der Waals surface area contributed by atoms with E-state index in [1.54, 1.807) is 5.57 Å². The predicted octanol–water partition coefficient (Wildman–Crippen LogP) is 2.20. The molecule has 0 radical (unpaired) electrons. The summed E-state index contributed by atoms with van der Waals surface area (Å²) >= 11 is 0. The summed E-state index contributed by atoms with van der Waals surface area (Å²) in [4.78, 5) is 0. The van der Waals surface area contributed by atoms with Gasteiger partial charge in [0.15, 0.2) is 0 Å². The zero-order valence-electron chi connectivity index (χ0n) is 8.14. The molecule has 2 rings (SSSR count). The minimum Gasteiger partial charge on any atom is -0.316 e. The van der Waals surface area contributed by atoms with Crippen molar-refractivity contribution in [2.75, 3.05) is 13.1 Å². The second-order valence-electron chi connectivity index (χ2n) is 4.46. The molecule has 12 heavy (non-hydrogen) atoms. The molecule has 1 nitrogen and oxygen atoms in total. The van der Waals surface area contributed by atoms with Crippen molar-refractivity contribution in [1.82, 2.24) is 5.32 Å². The van der Waals surface area contributed by atoms with Crippen molar-refractivity contribution in [1.29, 1.82) is 0 Å². The fraction of sp³-hybridized carbons (Fsp3) is 0.818. The summed E-state index contributed by atoms with van der Waals surface area (Å²) in [7, 11) is 0. The van der Waals surface area contributed by atoms with Gasteiger partial charge >= 0.3 is 0 Å². The lowest BCUT2D eigenvalue weighted by atomic mass is 9.77. The number of fused-ring (bicyclic) bond motifs is 1. The van der Waals surface area contributed by atoms with Gasteiger partial charge in [0.2, 0.25) is 0 Å². The third-order valence-corrected chi connectivity index (χ3v) is 3.35. The number of allylic oxidation sites excluding steroid dienone is 1. The van der Waals surface area contributed by atoms with E-state index < -0.39 is 0 Å². The maximum absolute atomic E-state index is 3.51. The Morgan fingerprint density at radius 2 is 2.25 bits per heavy atom. The van der Waals surface area contributed by atoms with E-state index in [-0.39, 0.29) is 0 Å². The second kappa shape index (κ2) is 3.21. The first-order valence-electron chi connectivity index (χ1n) is 5.19. The Labute approximate surface area is 75.2 Å². The highest BCUT2D eigenvalue weighted by atomic mass is 14.9. The molecule has 0 bridgehead atoms. The molecule has 0 saturated carbocycles. The van der Waals surface area contributed by atoms with Crippen LogP contribution in [0.25, 0.3) is 0 Å². The molecule has 0 aromatic heterocycles. The van der Waals surface area contributed by atoms with Gasteiger partial charge in [0, 0.05) is 6.54 Å². The predicted molar refractivity (Wildman–Crippen MR) is 52.0 cm³/mol. The molecule has 1 aliphatic carbocycles. The molecule has 68 valence electrons. The fourth-order valence-electron chi connectivity index (χ4n) is 2.71. The van der Waals surface area contributed by atoms with Gasteiger partial charge in [-0.05, 0) is 37.1 Å². The number of nitrogens with one attached hydrogen (secondary N) is 1. The van der Waals surface area contributed by atoms with Gasteiger partial charge in [-0.25, -0.2) is 0 Å². The molecule has 0 aromatic rings. The Balaban J connectivity index is 2.16. The van der Waals surface area contributed by atoms with Crippen LogP contribution in [0, 0.1) is 17.8 Å². The second-order valence-corrected chi connectivity index (χ2v) is 4.46. The standard InChI is InChI=1S/C11H19N/c1-8(2)10-5-3-4-9-6-12-7-11(9)10/h5,8-9,11-12H,3-4,6-7H2,1-2H3. The number of hydrogen-bond acceptors (Lipinski definition) is 1. The van der Waals surface area contributed by atoms with E-state index in [1.807, 2.05) is 0 Å². The van der Waals surface area contributed by atoms with Gasteiger partial charge in [0.1, 0.15) is 0 Å². The third-order valence-electron chi connectivity index (χ3n) is 3.35. The van der Waals surface area contributed by atoms with Crippen LogP contribution in [0.2, 0.25) is 0 Å². The average Bonchev–Trinajstić information content (AvgIpc) is 2.49. The Morgan fingerprint density at radius 3 is 3.00 bits per heavy atom. The number of rotatable bonds is 1. The molecular weight excluding hydrogens is 146 g/mol. The van der Waals surface area contributed by atoms with E-state index in [0.29, 0.717) is 0 Å². The summed E-state index contributed by atoms with van der Waals surface area (Å²) in [6.07, 6.45) is 5.21. The van der Waals surface area contributed by atoms with Gasteiger partial charge in [-0.1, -0.05) is 25.5 Å². The summed E-state index contributed by atoms with van der Waals surface area (Å²) < 4.78 is 0. The van der Waals surface area contributed by atoms with Crippen LogP contribution in [-0.4, -0.2) is 13.1 Å². The molecule has 1 aliphatic heterocycles. The van der Waals surface area contributed by atoms with Gasteiger partial charge in [-0.15, -0.1) is 0 Å². The first-order chi connectivity index (χ1) is 5.79. The highest BCUT2D eigenvalue weighted by molar-refractivity contribution is 5.16. The van der Waals surface area contributed by atoms with Crippen LogP contribution in [0.15, 0.2) is 11.6 Å². The van der Waals surface area contributed by atoms with E-state index >= 15 is 0 Å². The Kier molecular flexibility index (Phi) is 2.22. The van der Waals surface area contributed by atoms with E-state index in [2.05, 4.69) is 25.2 Å². The van der Waals surface area contributed by atoms with E-state index in [9.17, 15) is 0 Å². The van der Waals surface area contributed by atoms with Gasteiger partial charge < -0.3 is 5.32 Å². The molecule has 1 N–H and O–H groups in total. The van der Waals surface area contributed by atoms with Crippen LogP contribution in [0.3, 0.4) is 0 Å². The van der Waals surface area contributed by atoms with E-state index in [4.69, 9.17) is 0 Å². The molecule has 2 unspecified atom stereocenters. The molecule has 2 aliphatic rings. The van der Waals surface area contributed by atoms with Crippen molar-refractivity contribution >= 4 is 0 Å². The minimum atomic E-state index is 0.762. The molecule has 0 amide bonds. The first kappa shape index (κ1) is 8.31. The SMILES string of the molecule is CC(C)C1=CCCC2CNCC12.